The highest BCUT2D eigenvalue weighted by Crippen LogP contribution is 2.34. The lowest BCUT2D eigenvalue weighted by molar-refractivity contribution is -0.128. The van der Waals surface area contributed by atoms with Crippen LogP contribution in [-0.4, -0.2) is 31.1 Å². The molecule has 2 saturated carbocycles. The summed E-state index contributed by atoms with van der Waals surface area (Å²) >= 11 is 0. The molecule has 1 heterocycles. The van der Waals surface area contributed by atoms with Gasteiger partial charge in [-0.1, -0.05) is 0 Å². The van der Waals surface area contributed by atoms with Gasteiger partial charge in [0.1, 0.15) is 13.2 Å². The minimum atomic E-state index is -0.0295. The van der Waals surface area contributed by atoms with Gasteiger partial charge in [0, 0.05) is 29.6 Å². The summed E-state index contributed by atoms with van der Waals surface area (Å²) in [7, 11) is 0. The maximum atomic E-state index is 12.5. The highest BCUT2D eigenvalue weighted by molar-refractivity contribution is 5.93. The second kappa shape index (κ2) is 6.94. The van der Waals surface area contributed by atoms with E-state index in [-0.39, 0.29) is 23.7 Å². The number of ether oxygens (including phenoxy) is 2. The van der Waals surface area contributed by atoms with Gasteiger partial charge < -0.3 is 20.1 Å². The molecule has 6 nitrogen and oxygen atoms in total. The maximum Gasteiger partial charge on any atom is 0.227 e. The van der Waals surface area contributed by atoms with E-state index in [0.29, 0.717) is 30.8 Å². The summed E-state index contributed by atoms with van der Waals surface area (Å²) in [4.78, 5) is 24.6. The van der Waals surface area contributed by atoms with Gasteiger partial charge in [-0.2, -0.15) is 0 Å². The van der Waals surface area contributed by atoms with E-state index in [1.165, 1.54) is 0 Å². The molecule has 0 spiro atoms. The number of rotatable bonds is 4. The zero-order valence-electron chi connectivity index (χ0n) is 14.3. The fraction of sp³-hybridized carbons (Fsp3) is 0.579. The van der Waals surface area contributed by atoms with E-state index in [1.54, 1.807) is 6.07 Å². The predicted octanol–water partition coefficient (Wildman–Crippen LogP) is 2.48. The third-order valence-corrected chi connectivity index (χ3v) is 5.20. The van der Waals surface area contributed by atoms with Gasteiger partial charge in [-0.05, 0) is 50.7 Å². The number of amides is 2. The van der Waals surface area contributed by atoms with Crippen LogP contribution in [0.4, 0.5) is 5.69 Å². The summed E-state index contributed by atoms with van der Waals surface area (Å²) in [5.41, 5.74) is 0.725. The smallest absolute Gasteiger partial charge is 0.227 e. The van der Waals surface area contributed by atoms with E-state index in [4.69, 9.17) is 9.47 Å². The third-order valence-electron chi connectivity index (χ3n) is 5.20. The summed E-state index contributed by atoms with van der Waals surface area (Å²) in [6.45, 7) is 1.08. The Morgan fingerprint density at radius 2 is 1.48 bits per heavy atom. The van der Waals surface area contributed by atoms with Crippen LogP contribution in [0.25, 0.3) is 0 Å². The number of fused-ring (bicyclic) bond motifs is 1. The molecule has 2 fully saturated rings. The van der Waals surface area contributed by atoms with Gasteiger partial charge in [-0.15, -0.1) is 0 Å². The molecule has 1 aromatic rings. The summed E-state index contributed by atoms with van der Waals surface area (Å²) in [5, 5.41) is 6.04. The Morgan fingerprint density at radius 1 is 0.840 bits per heavy atom. The Balaban J connectivity index is 1.29. The number of hydrogen-bond acceptors (Lipinski definition) is 4. The second-order valence-electron chi connectivity index (χ2n) is 7.18. The van der Waals surface area contributed by atoms with Crippen molar-refractivity contribution in [3.63, 3.8) is 0 Å². The lowest BCUT2D eigenvalue weighted by Crippen LogP contribution is -2.36. The molecule has 134 valence electrons. The minimum Gasteiger partial charge on any atom is -0.486 e. The van der Waals surface area contributed by atoms with E-state index in [2.05, 4.69) is 10.6 Å². The summed E-state index contributed by atoms with van der Waals surface area (Å²) in [6.07, 6.45) is 5.33. The molecule has 0 aromatic heterocycles. The van der Waals surface area contributed by atoms with Crippen LogP contribution in [0.2, 0.25) is 0 Å². The Morgan fingerprint density at radius 3 is 2.16 bits per heavy atom. The number of carbonyl (C=O) groups is 2. The van der Waals surface area contributed by atoms with Crippen LogP contribution < -0.4 is 20.1 Å². The van der Waals surface area contributed by atoms with Crippen molar-refractivity contribution >= 4 is 17.5 Å². The molecule has 2 amide bonds. The first-order chi connectivity index (χ1) is 12.2. The predicted molar refractivity (Wildman–Crippen MR) is 92.7 cm³/mol. The number of nitrogens with one attached hydrogen (secondary N) is 2. The molecule has 3 aliphatic rings. The quantitative estimate of drug-likeness (QED) is 0.880. The van der Waals surface area contributed by atoms with Gasteiger partial charge in [-0.3, -0.25) is 9.59 Å². The Labute approximate surface area is 147 Å². The molecule has 0 unspecified atom stereocenters. The van der Waals surface area contributed by atoms with Crippen molar-refractivity contribution in [2.75, 3.05) is 18.5 Å². The maximum absolute atomic E-state index is 12.5. The van der Waals surface area contributed by atoms with E-state index in [0.717, 1.165) is 44.2 Å². The molecule has 0 bridgehead atoms. The van der Waals surface area contributed by atoms with Gasteiger partial charge >= 0.3 is 0 Å². The lowest BCUT2D eigenvalue weighted by Gasteiger charge is -2.27. The zero-order chi connectivity index (χ0) is 17.2. The van der Waals surface area contributed by atoms with Gasteiger partial charge in [0.05, 0.1) is 0 Å². The molecular formula is C19H24N2O4. The highest BCUT2D eigenvalue weighted by Gasteiger charge is 2.32. The SMILES string of the molecule is O=C(Nc1ccc2c(c1)OCCO2)C1CCC(C(=O)NC2CC2)CC1. The van der Waals surface area contributed by atoms with Crippen molar-refractivity contribution in [1.29, 1.82) is 0 Å². The van der Waals surface area contributed by atoms with E-state index in [9.17, 15) is 9.59 Å². The fourth-order valence-corrected chi connectivity index (χ4v) is 3.53. The monoisotopic (exact) mass is 344 g/mol. The summed E-state index contributed by atoms with van der Waals surface area (Å²) < 4.78 is 11.0. The van der Waals surface area contributed by atoms with Crippen molar-refractivity contribution in [2.45, 2.75) is 44.6 Å². The molecule has 2 aliphatic carbocycles. The molecule has 25 heavy (non-hydrogen) atoms. The van der Waals surface area contributed by atoms with Crippen LogP contribution >= 0.6 is 0 Å². The molecule has 1 aromatic carbocycles. The first-order valence-electron chi connectivity index (χ1n) is 9.20. The lowest BCUT2D eigenvalue weighted by atomic mass is 9.81. The van der Waals surface area contributed by atoms with Gasteiger partial charge in [0.15, 0.2) is 11.5 Å². The van der Waals surface area contributed by atoms with Gasteiger partial charge in [-0.25, -0.2) is 0 Å². The molecule has 2 N–H and O–H groups in total. The molecule has 0 saturated heterocycles. The van der Waals surface area contributed by atoms with E-state index < -0.39 is 0 Å². The van der Waals surface area contributed by atoms with E-state index >= 15 is 0 Å². The Kier molecular flexibility index (Phi) is 4.51. The number of hydrogen-bond donors (Lipinski definition) is 2. The van der Waals surface area contributed by atoms with Crippen LogP contribution in [0.3, 0.4) is 0 Å². The average molecular weight is 344 g/mol. The van der Waals surface area contributed by atoms with E-state index in [1.807, 2.05) is 12.1 Å². The Bertz CT molecular complexity index is 663. The molecule has 0 radical (unpaired) electrons. The second-order valence-corrected chi connectivity index (χ2v) is 7.18. The zero-order valence-corrected chi connectivity index (χ0v) is 14.3. The minimum absolute atomic E-state index is 0.0257. The molecule has 4 rings (SSSR count). The first-order valence-corrected chi connectivity index (χ1v) is 9.20. The number of benzene rings is 1. The molecular weight excluding hydrogens is 320 g/mol. The largest absolute Gasteiger partial charge is 0.486 e. The van der Waals surface area contributed by atoms with Gasteiger partial charge in [0.2, 0.25) is 11.8 Å². The normalized spacial score (nSPS) is 25.1. The van der Waals surface area contributed by atoms with Crippen molar-refractivity contribution in [1.82, 2.24) is 5.32 Å². The number of carbonyl (C=O) groups excluding carboxylic acids is 2. The standard InChI is InChI=1S/C19H24N2O4/c22-18(20-14-5-6-14)12-1-3-13(4-2-12)19(23)21-15-7-8-16-17(11-15)25-10-9-24-16/h7-8,11-14H,1-6,9-10H2,(H,20,22)(H,21,23). The topological polar surface area (TPSA) is 76.7 Å². The highest BCUT2D eigenvalue weighted by atomic mass is 16.6. The van der Waals surface area contributed by atoms with Crippen LogP contribution in [0.5, 0.6) is 11.5 Å². The van der Waals surface area contributed by atoms with Crippen molar-refractivity contribution in [2.24, 2.45) is 11.8 Å². The van der Waals surface area contributed by atoms with Crippen molar-refractivity contribution in [3.8, 4) is 11.5 Å². The summed E-state index contributed by atoms with van der Waals surface area (Å²) in [5.74, 6) is 1.62. The molecule has 6 heteroatoms. The fourth-order valence-electron chi connectivity index (χ4n) is 3.53. The first kappa shape index (κ1) is 16.2. The molecule has 1 aliphatic heterocycles. The average Bonchev–Trinajstić information content (AvgIpc) is 3.45. The Hall–Kier alpha value is -2.24. The van der Waals surface area contributed by atoms with Crippen LogP contribution in [-0.2, 0) is 9.59 Å². The van der Waals surface area contributed by atoms with Gasteiger partial charge in [0.25, 0.3) is 0 Å². The van der Waals surface area contributed by atoms with Crippen molar-refractivity contribution in [3.05, 3.63) is 18.2 Å². The van der Waals surface area contributed by atoms with Crippen molar-refractivity contribution < 1.29 is 19.1 Å². The van der Waals surface area contributed by atoms with Crippen LogP contribution in [0.15, 0.2) is 18.2 Å². The summed E-state index contributed by atoms with van der Waals surface area (Å²) in [6, 6.07) is 5.87. The van der Waals surface area contributed by atoms with Crippen LogP contribution in [0, 0.1) is 11.8 Å². The number of anilines is 1. The third kappa shape index (κ3) is 3.89. The van der Waals surface area contributed by atoms with Crippen LogP contribution in [0.1, 0.15) is 38.5 Å². The molecule has 0 atom stereocenters.